The Morgan fingerprint density at radius 1 is 1.33 bits per heavy atom. The highest BCUT2D eigenvalue weighted by Crippen LogP contribution is 2.27. The van der Waals surface area contributed by atoms with Gasteiger partial charge in [-0.1, -0.05) is 44.7 Å². The van der Waals surface area contributed by atoms with E-state index in [1.807, 2.05) is 13.0 Å². The molecule has 2 rings (SSSR count). The van der Waals surface area contributed by atoms with Crippen molar-refractivity contribution in [3.8, 4) is 0 Å². The van der Waals surface area contributed by atoms with Crippen LogP contribution in [-0.4, -0.2) is 14.5 Å². The smallest absolute Gasteiger partial charge is 0.160 e. The molecule has 0 radical (unpaired) electrons. The van der Waals surface area contributed by atoms with Crippen LogP contribution in [0.15, 0.2) is 12.3 Å². The van der Waals surface area contributed by atoms with E-state index in [1.165, 1.54) is 19.3 Å². The lowest BCUT2D eigenvalue weighted by atomic mass is 9.99. The van der Waals surface area contributed by atoms with Gasteiger partial charge >= 0.3 is 0 Å². The monoisotopic (exact) mass is 327 g/mol. The molecule has 2 aromatic heterocycles. The molecule has 5 heteroatoms. The first-order valence-corrected chi connectivity index (χ1v) is 8.54. The maximum absolute atomic E-state index is 6.31. The molecule has 0 fully saturated rings. The Bertz CT molecular complexity index is 592. The molecule has 0 saturated heterocycles. The number of unbranched alkanes of at least 4 members (excludes halogenated alkanes) is 1. The summed E-state index contributed by atoms with van der Waals surface area (Å²) in [6.45, 7) is 7.35. The molecule has 0 aliphatic heterocycles. The quantitative estimate of drug-likeness (QED) is 0.619. The van der Waals surface area contributed by atoms with E-state index in [-0.39, 0.29) is 5.38 Å². The average Bonchev–Trinajstić information content (AvgIpc) is 2.81. The summed E-state index contributed by atoms with van der Waals surface area (Å²) in [6, 6.07) is 1.86. The molecular formula is C16H23Cl2N3. The SMILES string of the molecule is CCCCC(CC)Cn1c(C(C)Cl)nc2cc(Cl)cnc21. The summed E-state index contributed by atoms with van der Waals surface area (Å²) in [5.41, 5.74) is 1.71. The Kier molecular flexibility index (Phi) is 5.88. The van der Waals surface area contributed by atoms with Gasteiger partial charge in [-0.15, -0.1) is 11.6 Å². The standard InChI is InChI=1S/C16H23Cl2N3/c1-4-6-7-12(5-2)10-21-15(11(3)17)20-14-8-13(18)9-19-16(14)21/h8-9,11-12H,4-7,10H2,1-3H3. The van der Waals surface area contributed by atoms with Crippen molar-refractivity contribution in [3.63, 3.8) is 0 Å². The summed E-state index contributed by atoms with van der Waals surface area (Å²) >= 11 is 12.3. The molecule has 0 amide bonds. The van der Waals surface area contributed by atoms with Gasteiger partial charge in [0.25, 0.3) is 0 Å². The van der Waals surface area contributed by atoms with E-state index >= 15 is 0 Å². The number of imidazole rings is 1. The van der Waals surface area contributed by atoms with E-state index in [2.05, 4.69) is 28.4 Å². The summed E-state index contributed by atoms with van der Waals surface area (Å²) in [6.07, 6.45) is 6.56. The van der Waals surface area contributed by atoms with Gasteiger partial charge in [-0.2, -0.15) is 0 Å². The highest BCUT2D eigenvalue weighted by Gasteiger charge is 2.18. The Morgan fingerprint density at radius 2 is 2.10 bits per heavy atom. The van der Waals surface area contributed by atoms with Gasteiger partial charge in [-0.05, 0) is 25.3 Å². The van der Waals surface area contributed by atoms with Crippen LogP contribution in [0.3, 0.4) is 0 Å². The minimum Gasteiger partial charge on any atom is -0.311 e. The minimum absolute atomic E-state index is 0.137. The van der Waals surface area contributed by atoms with Gasteiger partial charge in [0.1, 0.15) is 11.3 Å². The third-order valence-corrected chi connectivity index (χ3v) is 4.32. The van der Waals surface area contributed by atoms with Gasteiger partial charge in [0.05, 0.1) is 10.4 Å². The summed E-state index contributed by atoms with van der Waals surface area (Å²) in [5.74, 6) is 1.52. The van der Waals surface area contributed by atoms with E-state index < -0.39 is 0 Å². The summed E-state index contributed by atoms with van der Waals surface area (Å²) in [7, 11) is 0. The van der Waals surface area contributed by atoms with Crippen LogP contribution in [0.5, 0.6) is 0 Å². The molecule has 0 aliphatic rings. The third-order valence-electron chi connectivity index (χ3n) is 3.92. The molecule has 2 atom stereocenters. The molecule has 2 aromatic rings. The van der Waals surface area contributed by atoms with E-state index in [4.69, 9.17) is 23.2 Å². The fourth-order valence-corrected chi connectivity index (χ4v) is 2.98. The van der Waals surface area contributed by atoms with Crippen LogP contribution in [0.2, 0.25) is 5.02 Å². The molecule has 2 heterocycles. The Morgan fingerprint density at radius 3 is 2.71 bits per heavy atom. The fourth-order valence-electron chi connectivity index (χ4n) is 2.66. The number of halogens is 2. The number of nitrogens with zero attached hydrogens (tertiary/aromatic N) is 3. The fraction of sp³-hybridized carbons (Fsp3) is 0.625. The van der Waals surface area contributed by atoms with Gasteiger partial charge in [-0.25, -0.2) is 9.97 Å². The second-order valence-corrected chi connectivity index (χ2v) is 6.70. The van der Waals surface area contributed by atoms with Gasteiger partial charge in [-0.3, -0.25) is 0 Å². The number of hydrogen-bond donors (Lipinski definition) is 0. The zero-order chi connectivity index (χ0) is 15.4. The second kappa shape index (κ2) is 7.46. The minimum atomic E-state index is -0.137. The predicted molar refractivity (Wildman–Crippen MR) is 90.1 cm³/mol. The van der Waals surface area contributed by atoms with Crippen molar-refractivity contribution in [2.75, 3.05) is 0 Å². The number of fused-ring (bicyclic) bond motifs is 1. The van der Waals surface area contributed by atoms with E-state index in [0.29, 0.717) is 10.9 Å². The number of pyridine rings is 1. The summed E-state index contributed by atoms with van der Waals surface area (Å²) in [4.78, 5) is 9.09. The van der Waals surface area contributed by atoms with Gasteiger partial charge in [0.15, 0.2) is 5.65 Å². The van der Waals surface area contributed by atoms with Crippen molar-refractivity contribution in [3.05, 3.63) is 23.1 Å². The summed E-state index contributed by atoms with van der Waals surface area (Å²) in [5, 5.41) is 0.473. The first kappa shape index (κ1) is 16.6. The molecule has 3 nitrogen and oxygen atoms in total. The molecule has 116 valence electrons. The van der Waals surface area contributed by atoms with Crippen molar-refractivity contribution in [2.45, 2.75) is 58.4 Å². The highest BCUT2D eigenvalue weighted by atomic mass is 35.5. The lowest BCUT2D eigenvalue weighted by Crippen LogP contribution is -2.13. The average molecular weight is 328 g/mol. The van der Waals surface area contributed by atoms with Crippen LogP contribution < -0.4 is 0 Å². The first-order chi connectivity index (χ1) is 10.1. The normalized spacial score (nSPS) is 14.5. The zero-order valence-electron chi connectivity index (χ0n) is 12.9. The molecule has 0 aliphatic carbocycles. The predicted octanol–water partition coefficient (Wildman–Crippen LogP) is 5.60. The highest BCUT2D eigenvalue weighted by molar-refractivity contribution is 6.31. The maximum Gasteiger partial charge on any atom is 0.160 e. The van der Waals surface area contributed by atoms with Crippen LogP contribution in [0, 0.1) is 5.92 Å². The lowest BCUT2D eigenvalue weighted by Gasteiger charge is -2.18. The zero-order valence-corrected chi connectivity index (χ0v) is 14.5. The first-order valence-electron chi connectivity index (χ1n) is 7.72. The van der Waals surface area contributed by atoms with Crippen molar-refractivity contribution < 1.29 is 0 Å². The van der Waals surface area contributed by atoms with E-state index in [0.717, 1.165) is 30.0 Å². The number of rotatable bonds is 7. The van der Waals surface area contributed by atoms with Crippen molar-refractivity contribution in [1.29, 1.82) is 0 Å². The maximum atomic E-state index is 6.31. The molecule has 0 aromatic carbocycles. The van der Waals surface area contributed by atoms with Crippen LogP contribution in [0.4, 0.5) is 0 Å². The van der Waals surface area contributed by atoms with Crippen molar-refractivity contribution in [2.24, 2.45) is 5.92 Å². The molecular weight excluding hydrogens is 305 g/mol. The molecule has 2 unspecified atom stereocenters. The van der Waals surface area contributed by atoms with Gasteiger partial charge in [0.2, 0.25) is 0 Å². The van der Waals surface area contributed by atoms with Crippen molar-refractivity contribution >= 4 is 34.4 Å². The van der Waals surface area contributed by atoms with Crippen LogP contribution >= 0.6 is 23.2 Å². The molecule has 0 bridgehead atoms. The van der Waals surface area contributed by atoms with Crippen LogP contribution in [-0.2, 0) is 6.54 Å². The van der Waals surface area contributed by atoms with E-state index in [9.17, 15) is 0 Å². The second-order valence-electron chi connectivity index (χ2n) is 5.61. The van der Waals surface area contributed by atoms with Crippen LogP contribution in [0.25, 0.3) is 11.2 Å². The third kappa shape index (κ3) is 3.89. The van der Waals surface area contributed by atoms with Crippen LogP contribution in [0.1, 0.15) is 57.7 Å². The molecule has 0 N–H and O–H groups in total. The molecule has 0 saturated carbocycles. The lowest BCUT2D eigenvalue weighted by molar-refractivity contribution is 0.388. The van der Waals surface area contributed by atoms with E-state index in [1.54, 1.807) is 6.20 Å². The van der Waals surface area contributed by atoms with Gasteiger partial charge < -0.3 is 4.57 Å². The Hall–Kier alpha value is -0.800. The number of hydrogen-bond acceptors (Lipinski definition) is 2. The number of aromatic nitrogens is 3. The van der Waals surface area contributed by atoms with Crippen molar-refractivity contribution in [1.82, 2.24) is 14.5 Å². The topological polar surface area (TPSA) is 30.7 Å². The Balaban J connectivity index is 2.37. The molecule has 0 spiro atoms. The Labute approximate surface area is 136 Å². The summed E-state index contributed by atoms with van der Waals surface area (Å²) < 4.78 is 2.17. The van der Waals surface area contributed by atoms with Gasteiger partial charge in [0, 0.05) is 12.7 Å². The largest absolute Gasteiger partial charge is 0.311 e. The molecule has 21 heavy (non-hydrogen) atoms. The number of alkyl halides is 1.